The van der Waals surface area contributed by atoms with Gasteiger partial charge in [0, 0.05) is 29.4 Å². The largest absolute Gasteiger partial charge is 0.366 e. The molecule has 0 spiro atoms. The average molecular weight is 316 g/mol. The zero-order valence-electron chi connectivity index (χ0n) is 11.0. The van der Waals surface area contributed by atoms with Gasteiger partial charge in [-0.15, -0.1) is 23.1 Å². The van der Waals surface area contributed by atoms with Crippen LogP contribution in [0.1, 0.15) is 26.4 Å². The standard InChI is InChI=1S/C14H12N4OS2/c15-12(19)8-1-2-10-9(7-8)17-13-11(14-16-3-5-21-14)20-6-4-18(10)13/h1-3,5,7,11H,4,6H2,(H2,15,19). The summed E-state index contributed by atoms with van der Waals surface area (Å²) >= 11 is 3.51. The predicted octanol–water partition coefficient (Wildman–Crippen LogP) is 2.43. The first-order chi connectivity index (χ1) is 10.2. The molecule has 1 aliphatic heterocycles. The van der Waals surface area contributed by atoms with Gasteiger partial charge >= 0.3 is 0 Å². The molecule has 2 N–H and O–H groups in total. The van der Waals surface area contributed by atoms with Gasteiger partial charge in [-0.05, 0) is 18.2 Å². The number of primary amides is 1. The molecule has 0 radical (unpaired) electrons. The molecule has 5 nitrogen and oxygen atoms in total. The Balaban J connectivity index is 1.89. The quantitative estimate of drug-likeness (QED) is 0.788. The van der Waals surface area contributed by atoms with Crippen LogP contribution in [-0.4, -0.2) is 26.2 Å². The van der Waals surface area contributed by atoms with Crippen LogP contribution in [0.5, 0.6) is 0 Å². The monoisotopic (exact) mass is 316 g/mol. The Kier molecular flexibility index (Phi) is 2.97. The van der Waals surface area contributed by atoms with Gasteiger partial charge in [-0.2, -0.15) is 0 Å². The lowest BCUT2D eigenvalue weighted by molar-refractivity contribution is 0.100. The Hall–Kier alpha value is -1.86. The molecule has 106 valence electrons. The molecule has 0 saturated carbocycles. The summed E-state index contributed by atoms with van der Waals surface area (Å²) in [5, 5.41) is 3.23. The van der Waals surface area contributed by atoms with Crippen LogP contribution >= 0.6 is 23.1 Å². The van der Waals surface area contributed by atoms with Crippen LogP contribution in [0.25, 0.3) is 11.0 Å². The third kappa shape index (κ3) is 2.04. The molecule has 4 rings (SSSR count). The summed E-state index contributed by atoms with van der Waals surface area (Å²) in [6.07, 6.45) is 1.83. The van der Waals surface area contributed by atoms with Crippen LogP contribution in [0.4, 0.5) is 0 Å². The first-order valence-electron chi connectivity index (χ1n) is 6.55. The molecule has 0 fully saturated rings. The van der Waals surface area contributed by atoms with Gasteiger partial charge in [-0.25, -0.2) is 9.97 Å². The van der Waals surface area contributed by atoms with E-state index in [0.29, 0.717) is 5.56 Å². The maximum absolute atomic E-state index is 11.3. The van der Waals surface area contributed by atoms with Crippen molar-refractivity contribution < 1.29 is 4.79 Å². The van der Waals surface area contributed by atoms with E-state index in [-0.39, 0.29) is 5.25 Å². The topological polar surface area (TPSA) is 73.8 Å². The van der Waals surface area contributed by atoms with Crippen LogP contribution < -0.4 is 5.73 Å². The molecular formula is C14H12N4OS2. The Bertz CT molecular complexity index is 825. The minimum Gasteiger partial charge on any atom is -0.366 e. The number of amides is 1. The minimum atomic E-state index is -0.422. The molecule has 21 heavy (non-hydrogen) atoms. The number of hydrogen-bond acceptors (Lipinski definition) is 5. The van der Waals surface area contributed by atoms with Crippen molar-refractivity contribution in [3.05, 3.63) is 46.2 Å². The van der Waals surface area contributed by atoms with Crippen molar-refractivity contribution in [2.24, 2.45) is 5.73 Å². The molecule has 0 saturated heterocycles. The van der Waals surface area contributed by atoms with Gasteiger partial charge in [0.2, 0.25) is 5.91 Å². The van der Waals surface area contributed by atoms with Crippen molar-refractivity contribution in [1.29, 1.82) is 0 Å². The Labute approximate surface area is 129 Å². The lowest BCUT2D eigenvalue weighted by Crippen LogP contribution is -2.16. The molecule has 7 heteroatoms. The number of carbonyl (C=O) groups is 1. The summed E-state index contributed by atoms with van der Waals surface area (Å²) in [5.74, 6) is 1.62. The fourth-order valence-electron chi connectivity index (χ4n) is 2.62. The van der Waals surface area contributed by atoms with Gasteiger partial charge < -0.3 is 10.3 Å². The second kappa shape index (κ2) is 4.85. The number of thiazole rings is 1. The number of rotatable bonds is 2. The molecule has 3 aromatic rings. The molecule has 1 aliphatic rings. The molecule has 1 aromatic carbocycles. The van der Waals surface area contributed by atoms with Crippen LogP contribution in [0.2, 0.25) is 0 Å². The van der Waals surface area contributed by atoms with Crippen LogP contribution in [-0.2, 0) is 6.54 Å². The molecule has 0 aliphatic carbocycles. The number of imidazole rings is 1. The number of thioether (sulfide) groups is 1. The Morgan fingerprint density at radius 1 is 1.43 bits per heavy atom. The first kappa shape index (κ1) is 12.8. The summed E-state index contributed by atoms with van der Waals surface area (Å²) in [5.41, 5.74) is 7.72. The fourth-order valence-corrected chi connectivity index (χ4v) is 4.66. The predicted molar refractivity (Wildman–Crippen MR) is 84.7 cm³/mol. The molecule has 3 heterocycles. The first-order valence-corrected chi connectivity index (χ1v) is 8.48. The van der Waals surface area contributed by atoms with E-state index in [1.165, 1.54) is 0 Å². The van der Waals surface area contributed by atoms with Gasteiger partial charge in [0.15, 0.2) is 0 Å². The van der Waals surface area contributed by atoms with E-state index >= 15 is 0 Å². The highest BCUT2D eigenvalue weighted by atomic mass is 32.2. The number of fused-ring (bicyclic) bond motifs is 3. The van der Waals surface area contributed by atoms with Crippen molar-refractivity contribution >= 4 is 40.0 Å². The van der Waals surface area contributed by atoms with Gasteiger partial charge in [0.05, 0.1) is 11.0 Å². The third-order valence-electron chi connectivity index (χ3n) is 3.57. The molecule has 2 aromatic heterocycles. The summed E-state index contributed by atoms with van der Waals surface area (Å²) in [4.78, 5) is 20.5. The normalized spacial score (nSPS) is 17.8. The van der Waals surface area contributed by atoms with E-state index in [1.807, 2.05) is 29.4 Å². The number of aromatic nitrogens is 3. The number of carbonyl (C=O) groups excluding carboxylic acids is 1. The molecular weight excluding hydrogens is 304 g/mol. The van der Waals surface area contributed by atoms with E-state index in [0.717, 1.165) is 34.2 Å². The maximum atomic E-state index is 11.3. The van der Waals surface area contributed by atoms with Crippen LogP contribution in [0.15, 0.2) is 29.8 Å². The lowest BCUT2D eigenvalue weighted by Gasteiger charge is -2.21. The van der Waals surface area contributed by atoms with Gasteiger partial charge in [-0.1, -0.05) is 0 Å². The average Bonchev–Trinajstić information content (AvgIpc) is 3.13. The minimum absolute atomic E-state index is 0.170. The van der Waals surface area contributed by atoms with Gasteiger partial charge in [-0.3, -0.25) is 4.79 Å². The van der Waals surface area contributed by atoms with E-state index in [1.54, 1.807) is 23.5 Å². The van der Waals surface area contributed by atoms with Crippen LogP contribution in [0.3, 0.4) is 0 Å². The molecule has 1 atom stereocenters. The number of aryl methyl sites for hydroxylation is 1. The second-order valence-corrected chi connectivity index (χ2v) is 6.95. The SMILES string of the molecule is NC(=O)c1ccc2c(c1)nc1n2CCSC1c1nccs1. The Morgan fingerprint density at radius 2 is 2.33 bits per heavy atom. The summed E-state index contributed by atoms with van der Waals surface area (Å²) < 4.78 is 2.22. The molecule has 1 amide bonds. The fraction of sp³-hybridized carbons (Fsp3) is 0.214. The smallest absolute Gasteiger partial charge is 0.248 e. The number of hydrogen-bond donors (Lipinski definition) is 1. The zero-order valence-corrected chi connectivity index (χ0v) is 12.7. The van der Waals surface area contributed by atoms with E-state index < -0.39 is 5.91 Å². The number of nitrogens with two attached hydrogens (primary N) is 1. The summed E-state index contributed by atoms with van der Waals surface area (Å²) in [6.45, 7) is 0.925. The zero-order chi connectivity index (χ0) is 14.4. The lowest BCUT2D eigenvalue weighted by atomic mass is 10.2. The van der Waals surface area contributed by atoms with E-state index in [4.69, 9.17) is 10.7 Å². The van der Waals surface area contributed by atoms with Crippen molar-refractivity contribution in [1.82, 2.24) is 14.5 Å². The number of benzene rings is 1. The second-order valence-electron chi connectivity index (χ2n) is 4.81. The van der Waals surface area contributed by atoms with Crippen molar-refractivity contribution in [3.63, 3.8) is 0 Å². The van der Waals surface area contributed by atoms with E-state index in [9.17, 15) is 4.79 Å². The molecule has 1 unspecified atom stereocenters. The highest BCUT2D eigenvalue weighted by molar-refractivity contribution is 7.99. The van der Waals surface area contributed by atoms with Gasteiger partial charge in [0.25, 0.3) is 0 Å². The molecule has 0 bridgehead atoms. The number of nitrogens with zero attached hydrogens (tertiary/aromatic N) is 3. The summed E-state index contributed by atoms with van der Waals surface area (Å²) in [7, 11) is 0. The highest BCUT2D eigenvalue weighted by Crippen LogP contribution is 2.40. The van der Waals surface area contributed by atoms with Crippen molar-refractivity contribution in [2.45, 2.75) is 11.8 Å². The third-order valence-corrected chi connectivity index (χ3v) is 5.75. The highest BCUT2D eigenvalue weighted by Gasteiger charge is 2.28. The van der Waals surface area contributed by atoms with Gasteiger partial charge in [0.1, 0.15) is 16.1 Å². The van der Waals surface area contributed by atoms with Crippen molar-refractivity contribution in [3.8, 4) is 0 Å². The van der Waals surface area contributed by atoms with Crippen LogP contribution in [0, 0.1) is 0 Å². The maximum Gasteiger partial charge on any atom is 0.248 e. The summed E-state index contributed by atoms with van der Waals surface area (Å²) in [6, 6.07) is 5.47. The Morgan fingerprint density at radius 3 is 3.10 bits per heavy atom. The van der Waals surface area contributed by atoms with E-state index in [2.05, 4.69) is 9.55 Å². The van der Waals surface area contributed by atoms with Crippen molar-refractivity contribution in [2.75, 3.05) is 5.75 Å².